The Bertz CT molecular complexity index is 947. The first-order valence-electron chi connectivity index (χ1n) is 10.9. The first-order valence-corrected chi connectivity index (χ1v) is 10.9. The van der Waals surface area contributed by atoms with Crippen LogP contribution in [0.4, 0.5) is 5.69 Å². The van der Waals surface area contributed by atoms with E-state index < -0.39 is 0 Å². The topological polar surface area (TPSA) is 61.9 Å². The van der Waals surface area contributed by atoms with Crippen molar-refractivity contribution >= 4 is 17.5 Å². The average Bonchev–Trinajstić information content (AvgIpc) is 2.74. The standard InChI is InChI=1S/C25H31N3O3/c1-18(29)26-22-17-25(31-23-7-5-4-6-21(22)23)12-14-28(15-13-25)24(30)16-19-8-10-20(11-9-19)27(2)3/h4-11,22H,12-17H2,1-3H3,(H,26,29). The lowest BCUT2D eigenvalue weighted by atomic mass is 9.80. The van der Waals surface area contributed by atoms with Gasteiger partial charge in [-0.25, -0.2) is 0 Å². The van der Waals surface area contributed by atoms with Gasteiger partial charge in [0.1, 0.15) is 11.4 Å². The van der Waals surface area contributed by atoms with Gasteiger partial charge in [0.2, 0.25) is 11.8 Å². The fourth-order valence-electron chi connectivity index (χ4n) is 4.66. The summed E-state index contributed by atoms with van der Waals surface area (Å²) in [5.74, 6) is 0.958. The fourth-order valence-corrected chi connectivity index (χ4v) is 4.66. The summed E-state index contributed by atoms with van der Waals surface area (Å²) < 4.78 is 6.46. The summed E-state index contributed by atoms with van der Waals surface area (Å²) >= 11 is 0. The van der Waals surface area contributed by atoms with Gasteiger partial charge in [0, 0.05) is 64.6 Å². The van der Waals surface area contributed by atoms with Crippen molar-refractivity contribution in [2.24, 2.45) is 0 Å². The van der Waals surface area contributed by atoms with Crippen LogP contribution in [0.15, 0.2) is 48.5 Å². The molecule has 1 unspecified atom stereocenters. The number of anilines is 1. The maximum absolute atomic E-state index is 12.9. The molecule has 2 aliphatic heterocycles. The second-order valence-electron chi connectivity index (χ2n) is 8.90. The Morgan fingerprint density at radius 3 is 2.42 bits per heavy atom. The quantitative estimate of drug-likeness (QED) is 0.823. The predicted molar refractivity (Wildman–Crippen MR) is 121 cm³/mol. The Kier molecular flexibility index (Phi) is 5.90. The lowest BCUT2D eigenvalue weighted by Gasteiger charge is -2.47. The number of piperidine rings is 1. The number of carbonyl (C=O) groups excluding carboxylic acids is 2. The molecule has 6 heteroatoms. The molecule has 1 spiro atoms. The molecular weight excluding hydrogens is 390 g/mol. The Morgan fingerprint density at radius 1 is 1.10 bits per heavy atom. The van der Waals surface area contributed by atoms with Crippen LogP contribution in [-0.2, 0) is 16.0 Å². The largest absolute Gasteiger partial charge is 0.487 e. The van der Waals surface area contributed by atoms with E-state index in [0.29, 0.717) is 19.5 Å². The SMILES string of the molecule is CC(=O)NC1CC2(CCN(C(=O)Cc3ccc(N(C)C)cc3)CC2)Oc2ccccc21. The smallest absolute Gasteiger partial charge is 0.226 e. The van der Waals surface area contributed by atoms with Gasteiger partial charge >= 0.3 is 0 Å². The van der Waals surface area contributed by atoms with Gasteiger partial charge in [-0.1, -0.05) is 30.3 Å². The highest BCUT2D eigenvalue weighted by Crippen LogP contribution is 2.44. The van der Waals surface area contributed by atoms with E-state index >= 15 is 0 Å². The Hall–Kier alpha value is -3.02. The average molecular weight is 422 g/mol. The van der Waals surface area contributed by atoms with Crippen molar-refractivity contribution in [3.05, 3.63) is 59.7 Å². The lowest BCUT2D eigenvalue weighted by molar-refractivity contribution is -0.134. The van der Waals surface area contributed by atoms with Crippen LogP contribution in [0, 0.1) is 0 Å². The van der Waals surface area contributed by atoms with E-state index in [4.69, 9.17) is 4.74 Å². The number of nitrogens with one attached hydrogen (secondary N) is 1. The summed E-state index contributed by atoms with van der Waals surface area (Å²) in [6.45, 7) is 2.89. The van der Waals surface area contributed by atoms with Gasteiger partial charge in [-0.3, -0.25) is 9.59 Å². The van der Waals surface area contributed by atoms with Crippen LogP contribution in [0.5, 0.6) is 5.75 Å². The van der Waals surface area contributed by atoms with Crippen molar-refractivity contribution in [3.8, 4) is 5.75 Å². The molecule has 2 amide bonds. The van der Waals surface area contributed by atoms with E-state index in [1.54, 1.807) is 6.92 Å². The van der Waals surface area contributed by atoms with Crippen molar-refractivity contribution in [2.45, 2.75) is 44.2 Å². The van der Waals surface area contributed by atoms with Crippen LogP contribution >= 0.6 is 0 Å². The Morgan fingerprint density at radius 2 is 1.77 bits per heavy atom. The summed E-state index contributed by atoms with van der Waals surface area (Å²) in [6, 6.07) is 16.0. The summed E-state index contributed by atoms with van der Waals surface area (Å²) in [5.41, 5.74) is 2.85. The van der Waals surface area contributed by atoms with Crippen LogP contribution in [0.2, 0.25) is 0 Å². The summed E-state index contributed by atoms with van der Waals surface area (Å²) in [7, 11) is 4.01. The molecule has 1 atom stereocenters. The number of amides is 2. The lowest BCUT2D eigenvalue weighted by Crippen LogP contribution is -2.53. The van der Waals surface area contributed by atoms with Crippen LogP contribution in [-0.4, -0.2) is 49.5 Å². The minimum Gasteiger partial charge on any atom is -0.487 e. The van der Waals surface area contributed by atoms with Gasteiger partial charge in [-0.2, -0.15) is 0 Å². The molecule has 0 radical (unpaired) electrons. The van der Waals surface area contributed by atoms with Crippen molar-refractivity contribution in [2.75, 3.05) is 32.1 Å². The van der Waals surface area contributed by atoms with Crippen molar-refractivity contribution in [1.29, 1.82) is 0 Å². The van der Waals surface area contributed by atoms with Gasteiger partial charge in [0.25, 0.3) is 0 Å². The van der Waals surface area contributed by atoms with Gasteiger partial charge in [0.05, 0.1) is 12.5 Å². The third kappa shape index (κ3) is 4.68. The molecule has 2 aromatic carbocycles. The first-order chi connectivity index (χ1) is 14.8. The second kappa shape index (κ2) is 8.61. The summed E-state index contributed by atoms with van der Waals surface area (Å²) in [5, 5.41) is 3.09. The molecule has 0 bridgehead atoms. The predicted octanol–water partition coefficient (Wildman–Crippen LogP) is 3.32. The molecule has 1 saturated heterocycles. The summed E-state index contributed by atoms with van der Waals surface area (Å²) in [4.78, 5) is 28.6. The second-order valence-corrected chi connectivity index (χ2v) is 8.90. The molecule has 164 valence electrons. The number of benzene rings is 2. The highest BCUT2D eigenvalue weighted by Gasteiger charge is 2.44. The Labute approximate surface area is 184 Å². The molecular formula is C25H31N3O3. The number of carbonyl (C=O) groups is 2. The van der Waals surface area contributed by atoms with E-state index in [9.17, 15) is 9.59 Å². The maximum Gasteiger partial charge on any atom is 0.226 e. The molecule has 0 saturated carbocycles. The Balaban J connectivity index is 1.40. The zero-order valence-electron chi connectivity index (χ0n) is 18.6. The summed E-state index contributed by atoms with van der Waals surface area (Å²) in [6.07, 6.45) is 2.68. The molecule has 2 aromatic rings. The molecule has 0 aromatic heterocycles. The minimum atomic E-state index is -0.342. The van der Waals surface area contributed by atoms with Crippen molar-refractivity contribution in [1.82, 2.24) is 10.2 Å². The van der Waals surface area contributed by atoms with Crippen molar-refractivity contribution in [3.63, 3.8) is 0 Å². The molecule has 31 heavy (non-hydrogen) atoms. The number of fused-ring (bicyclic) bond motifs is 1. The zero-order chi connectivity index (χ0) is 22.0. The van der Waals surface area contributed by atoms with Crippen LogP contribution in [0.25, 0.3) is 0 Å². The van der Waals surface area contributed by atoms with E-state index in [1.165, 1.54) is 0 Å². The third-order valence-electron chi connectivity index (χ3n) is 6.41. The van der Waals surface area contributed by atoms with E-state index in [0.717, 1.165) is 41.8 Å². The van der Waals surface area contributed by atoms with Gasteiger partial charge < -0.3 is 19.9 Å². The van der Waals surface area contributed by atoms with Crippen LogP contribution < -0.4 is 15.0 Å². The first kappa shape index (κ1) is 21.2. The molecule has 2 heterocycles. The molecule has 0 aliphatic carbocycles. The molecule has 4 rings (SSSR count). The van der Waals surface area contributed by atoms with Gasteiger partial charge in [-0.05, 0) is 23.8 Å². The fraction of sp³-hybridized carbons (Fsp3) is 0.440. The molecule has 6 nitrogen and oxygen atoms in total. The number of likely N-dealkylation sites (tertiary alicyclic amines) is 1. The van der Waals surface area contributed by atoms with Gasteiger partial charge in [0.15, 0.2) is 0 Å². The number of rotatable bonds is 4. The van der Waals surface area contributed by atoms with Crippen LogP contribution in [0.3, 0.4) is 0 Å². The van der Waals surface area contributed by atoms with E-state index in [-0.39, 0.29) is 23.5 Å². The molecule has 1 N–H and O–H groups in total. The number of ether oxygens (including phenoxy) is 1. The third-order valence-corrected chi connectivity index (χ3v) is 6.41. The highest BCUT2D eigenvalue weighted by atomic mass is 16.5. The molecule has 1 fully saturated rings. The molecule has 2 aliphatic rings. The number of hydrogen-bond acceptors (Lipinski definition) is 4. The van der Waals surface area contributed by atoms with E-state index in [2.05, 4.69) is 5.32 Å². The van der Waals surface area contributed by atoms with Crippen LogP contribution in [0.1, 0.15) is 43.4 Å². The number of hydrogen-bond donors (Lipinski definition) is 1. The minimum absolute atomic E-state index is 0.0373. The number of para-hydroxylation sites is 1. The van der Waals surface area contributed by atoms with Gasteiger partial charge in [-0.15, -0.1) is 0 Å². The highest BCUT2D eigenvalue weighted by molar-refractivity contribution is 5.79. The number of nitrogens with zero attached hydrogens (tertiary/aromatic N) is 2. The normalized spacial score (nSPS) is 19.3. The zero-order valence-corrected chi connectivity index (χ0v) is 18.6. The monoisotopic (exact) mass is 421 g/mol. The van der Waals surface area contributed by atoms with E-state index in [1.807, 2.05) is 72.4 Å². The van der Waals surface area contributed by atoms with Crippen molar-refractivity contribution < 1.29 is 14.3 Å². The maximum atomic E-state index is 12.9.